The number of allylic oxidation sites excluding steroid dienone is 3. The third-order valence-electron chi connectivity index (χ3n) is 1.41. The Balaban J connectivity index is 2.77. The van der Waals surface area contributed by atoms with Crippen LogP contribution in [0.1, 0.15) is 12.8 Å². The molecule has 56 valence electrons. The van der Waals surface area contributed by atoms with E-state index < -0.39 is 11.7 Å². The Morgan fingerprint density at radius 2 is 2.10 bits per heavy atom. The van der Waals surface area contributed by atoms with Crippen molar-refractivity contribution >= 4 is 0 Å². The second-order valence-corrected chi connectivity index (χ2v) is 2.31. The monoisotopic (exact) mass is 145 g/mol. The van der Waals surface area contributed by atoms with Crippen molar-refractivity contribution in [3.05, 3.63) is 23.8 Å². The van der Waals surface area contributed by atoms with Gasteiger partial charge in [0.2, 0.25) is 0 Å². The van der Waals surface area contributed by atoms with Gasteiger partial charge in [-0.15, -0.1) is 0 Å². The standard InChI is InChI=1S/C7H9F2N/c8-6-3-1-2-5(10)4-7(6)9/h3-5H,1-2,10H2. The van der Waals surface area contributed by atoms with Crippen LogP contribution in [0.25, 0.3) is 0 Å². The van der Waals surface area contributed by atoms with E-state index in [-0.39, 0.29) is 6.04 Å². The van der Waals surface area contributed by atoms with Crippen LogP contribution in [0.2, 0.25) is 0 Å². The molecule has 0 bridgehead atoms. The number of rotatable bonds is 0. The summed E-state index contributed by atoms with van der Waals surface area (Å²) in [6, 6.07) is -0.343. The highest BCUT2D eigenvalue weighted by Crippen LogP contribution is 2.19. The Labute approximate surface area is 58.2 Å². The summed E-state index contributed by atoms with van der Waals surface area (Å²) in [5.74, 6) is -1.61. The van der Waals surface area contributed by atoms with Gasteiger partial charge in [-0.3, -0.25) is 0 Å². The van der Waals surface area contributed by atoms with Gasteiger partial charge in [0.25, 0.3) is 0 Å². The minimum atomic E-state index is -0.829. The summed E-state index contributed by atoms with van der Waals surface area (Å²) in [6.45, 7) is 0. The first kappa shape index (κ1) is 7.41. The largest absolute Gasteiger partial charge is 0.324 e. The van der Waals surface area contributed by atoms with E-state index in [0.717, 1.165) is 6.08 Å². The lowest BCUT2D eigenvalue weighted by atomic mass is 10.2. The van der Waals surface area contributed by atoms with E-state index in [2.05, 4.69) is 0 Å². The maximum absolute atomic E-state index is 12.4. The molecular formula is C7H9F2N. The van der Waals surface area contributed by atoms with Crippen LogP contribution < -0.4 is 5.73 Å². The van der Waals surface area contributed by atoms with Crippen LogP contribution in [0.4, 0.5) is 8.78 Å². The van der Waals surface area contributed by atoms with Gasteiger partial charge in [-0.05, 0) is 25.0 Å². The van der Waals surface area contributed by atoms with Crippen molar-refractivity contribution in [2.75, 3.05) is 0 Å². The summed E-state index contributed by atoms with van der Waals surface area (Å²) >= 11 is 0. The van der Waals surface area contributed by atoms with Gasteiger partial charge in [-0.2, -0.15) is 0 Å². The van der Waals surface area contributed by atoms with Gasteiger partial charge in [-0.1, -0.05) is 0 Å². The molecule has 0 spiro atoms. The second kappa shape index (κ2) is 2.92. The fourth-order valence-corrected chi connectivity index (χ4v) is 0.851. The third-order valence-corrected chi connectivity index (χ3v) is 1.41. The summed E-state index contributed by atoms with van der Waals surface area (Å²) < 4.78 is 24.8. The number of hydrogen-bond donors (Lipinski definition) is 1. The molecule has 0 aromatic heterocycles. The Morgan fingerprint density at radius 1 is 1.40 bits per heavy atom. The summed E-state index contributed by atoms with van der Waals surface area (Å²) in [7, 11) is 0. The molecule has 0 aromatic carbocycles. The number of nitrogens with two attached hydrogens (primary N) is 1. The highest BCUT2D eigenvalue weighted by Gasteiger charge is 2.09. The van der Waals surface area contributed by atoms with E-state index in [1.165, 1.54) is 6.08 Å². The van der Waals surface area contributed by atoms with Gasteiger partial charge >= 0.3 is 0 Å². The van der Waals surface area contributed by atoms with Gasteiger partial charge in [0.15, 0.2) is 11.7 Å². The zero-order valence-corrected chi connectivity index (χ0v) is 5.48. The van der Waals surface area contributed by atoms with Gasteiger partial charge in [0.1, 0.15) is 0 Å². The molecule has 1 aliphatic rings. The van der Waals surface area contributed by atoms with E-state index >= 15 is 0 Å². The Morgan fingerprint density at radius 3 is 2.80 bits per heavy atom. The molecule has 1 aliphatic carbocycles. The van der Waals surface area contributed by atoms with E-state index in [1.807, 2.05) is 0 Å². The zero-order valence-electron chi connectivity index (χ0n) is 5.48. The molecule has 3 heteroatoms. The Kier molecular flexibility index (Phi) is 2.17. The number of halogens is 2. The summed E-state index contributed by atoms with van der Waals surface area (Å²) in [5.41, 5.74) is 5.37. The predicted molar refractivity (Wildman–Crippen MR) is 35.6 cm³/mol. The minimum absolute atomic E-state index is 0.343. The topological polar surface area (TPSA) is 26.0 Å². The molecule has 1 unspecified atom stereocenters. The first-order valence-corrected chi connectivity index (χ1v) is 3.19. The van der Waals surface area contributed by atoms with Crippen LogP contribution >= 0.6 is 0 Å². The quantitative estimate of drug-likeness (QED) is 0.552. The molecule has 0 aliphatic heterocycles. The lowest BCUT2D eigenvalue weighted by molar-refractivity contribution is 0.541. The maximum atomic E-state index is 12.4. The lowest BCUT2D eigenvalue weighted by Gasteiger charge is -1.99. The van der Waals surface area contributed by atoms with Crippen molar-refractivity contribution in [1.82, 2.24) is 0 Å². The molecule has 0 aromatic rings. The SMILES string of the molecule is NC1C=C(F)C(F)=CCC1. The normalized spacial score (nSPS) is 26.9. The lowest BCUT2D eigenvalue weighted by Crippen LogP contribution is -2.15. The van der Waals surface area contributed by atoms with E-state index in [0.29, 0.717) is 12.8 Å². The van der Waals surface area contributed by atoms with Crippen molar-refractivity contribution in [2.45, 2.75) is 18.9 Å². The predicted octanol–water partition coefficient (Wildman–Crippen LogP) is 1.81. The van der Waals surface area contributed by atoms with Crippen molar-refractivity contribution in [3.8, 4) is 0 Å². The smallest absolute Gasteiger partial charge is 0.156 e. The van der Waals surface area contributed by atoms with Gasteiger partial charge in [0, 0.05) is 6.04 Å². The van der Waals surface area contributed by atoms with Crippen molar-refractivity contribution in [1.29, 1.82) is 0 Å². The van der Waals surface area contributed by atoms with Crippen LogP contribution in [-0.2, 0) is 0 Å². The molecule has 0 amide bonds. The molecular weight excluding hydrogens is 136 g/mol. The molecule has 0 saturated heterocycles. The van der Waals surface area contributed by atoms with Crippen molar-refractivity contribution in [3.63, 3.8) is 0 Å². The van der Waals surface area contributed by atoms with Crippen LogP contribution in [0, 0.1) is 0 Å². The summed E-state index contributed by atoms with van der Waals surface area (Å²) in [6.07, 6.45) is 3.45. The molecule has 2 N–H and O–H groups in total. The highest BCUT2D eigenvalue weighted by molar-refractivity contribution is 5.22. The van der Waals surface area contributed by atoms with Crippen LogP contribution in [0.15, 0.2) is 23.8 Å². The molecule has 0 fully saturated rings. The van der Waals surface area contributed by atoms with Gasteiger partial charge < -0.3 is 5.73 Å². The van der Waals surface area contributed by atoms with E-state index in [4.69, 9.17) is 5.73 Å². The maximum Gasteiger partial charge on any atom is 0.156 e. The Hall–Kier alpha value is -0.700. The van der Waals surface area contributed by atoms with Crippen LogP contribution in [0.5, 0.6) is 0 Å². The molecule has 0 heterocycles. The minimum Gasteiger partial charge on any atom is -0.324 e. The van der Waals surface area contributed by atoms with Crippen molar-refractivity contribution in [2.24, 2.45) is 5.73 Å². The molecule has 0 saturated carbocycles. The third kappa shape index (κ3) is 1.64. The van der Waals surface area contributed by atoms with Gasteiger partial charge in [0.05, 0.1) is 0 Å². The zero-order chi connectivity index (χ0) is 7.56. The summed E-state index contributed by atoms with van der Waals surface area (Å²) in [5, 5.41) is 0. The number of hydrogen-bond acceptors (Lipinski definition) is 1. The van der Waals surface area contributed by atoms with Crippen LogP contribution in [-0.4, -0.2) is 6.04 Å². The molecule has 1 nitrogen and oxygen atoms in total. The van der Waals surface area contributed by atoms with E-state index in [1.54, 1.807) is 0 Å². The Bertz CT molecular complexity index is 184. The van der Waals surface area contributed by atoms with Crippen molar-refractivity contribution < 1.29 is 8.78 Å². The first-order chi connectivity index (χ1) is 4.70. The van der Waals surface area contributed by atoms with E-state index in [9.17, 15) is 8.78 Å². The molecule has 1 rings (SSSR count). The average Bonchev–Trinajstić information content (AvgIpc) is 1.96. The second-order valence-electron chi connectivity index (χ2n) is 2.31. The van der Waals surface area contributed by atoms with Crippen LogP contribution in [0.3, 0.4) is 0 Å². The average molecular weight is 145 g/mol. The summed E-state index contributed by atoms with van der Waals surface area (Å²) in [4.78, 5) is 0. The fraction of sp³-hybridized carbons (Fsp3) is 0.429. The fourth-order valence-electron chi connectivity index (χ4n) is 0.851. The molecule has 1 atom stereocenters. The highest BCUT2D eigenvalue weighted by atomic mass is 19.2. The molecule has 0 radical (unpaired) electrons. The first-order valence-electron chi connectivity index (χ1n) is 3.19. The van der Waals surface area contributed by atoms with Gasteiger partial charge in [-0.25, -0.2) is 8.78 Å². The molecule has 10 heavy (non-hydrogen) atoms.